The van der Waals surface area contributed by atoms with Gasteiger partial charge in [0.15, 0.2) is 5.78 Å². The van der Waals surface area contributed by atoms with Crippen LogP contribution in [0, 0.1) is 5.92 Å². The molecule has 0 aromatic heterocycles. The molecule has 2 unspecified atom stereocenters. The molecule has 2 fully saturated rings. The number of rotatable bonds is 1. The molecular formula is C16H20INO3. The number of nitrogens with zero attached hydrogens (tertiary/aromatic N) is 1. The lowest BCUT2D eigenvalue weighted by Gasteiger charge is -2.26. The summed E-state index contributed by atoms with van der Waals surface area (Å²) in [4.78, 5) is 25.9. The van der Waals surface area contributed by atoms with Crippen LogP contribution in [0.1, 0.15) is 32.6 Å². The molecule has 114 valence electrons. The van der Waals surface area contributed by atoms with Crippen molar-refractivity contribution in [2.45, 2.75) is 36.5 Å². The maximum Gasteiger partial charge on any atom is 0.409 e. The molecule has 1 saturated carbocycles. The van der Waals surface area contributed by atoms with Crippen molar-refractivity contribution < 1.29 is 14.3 Å². The van der Waals surface area contributed by atoms with Crippen LogP contribution in [0.3, 0.4) is 0 Å². The molecule has 1 heterocycles. The number of ketones is 1. The molecule has 0 N–H and O–H groups in total. The van der Waals surface area contributed by atoms with Gasteiger partial charge in [0.25, 0.3) is 0 Å². The molecular weight excluding hydrogens is 381 g/mol. The highest BCUT2D eigenvalue weighted by Crippen LogP contribution is 2.44. The molecule has 1 amide bonds. The molecule has 2 aliphatic carbocycles. The van der Waals surface area contributed by atoms with Gasteiger partial charge < -0.3 is 9.64 Å². The van der Waals surface area contributed by atoms with Gasteiger partial charge in [-0.1, -0.05) is 28.7 Å². The SMILES string of the molecule is CCOC(=O)N1CCC2=CC(I)C3CCC(=O)C3=C2CC1. The Bertz CT molecular complexity index is 538. The van der Waals surface area contributed by atoms with Crippen LogP contribution in [-0.4, -0.2) is 40.4 Å². The van der Waals surface area contributed by atoms with Crippen molar-refractivity contribution in [3.8, 4) is 0 Å². The van der Waals surface area contributed by atoms with Gasteiger partial charge in [0.05, 0.1) is 6.61 Å². The van der Waals surface area contributed by atoms with Crippen LogP contribution in [-0.2, 0) is 9.53 Å². The molecule has 2 atom stereocenters. The lowest BCUT2D eigenvalue weighted by Crippen LogP contribution is -2.32. The summed E-state index contributed by atoms with van der Waals surface area (Å²) >= 11 is 2.45. The smallest absolute Gasteiger partial charge is 0.409 e. The predicted octanol–water partition coefficient (Wildman–Crippen LogP) is 3.26. The second-order valence-corrected chi connectivity index (χ2v) is 7.22. The highest BCUT2D eigenvalue weighted by molar-refractivity contribution is 14.1. The van der Waals surface area contributed by atoms with Crippen LogP contribution in [0.25, 0.3) is 0 Å². The van der Waals surface area contributed by atoms with Crippen molar-refractivity contribution in [1.82, 2.24) is 4.90 Å². The minimum atomic E-state index is -0.234. The number of hydrogen-bond donors (Lipinski definition) is 0. The zero-order chi connectivity index (χ0) is 15.0. The summed E-state index contributed by atoms with van der Waals surface area (Å²) in [6.07, 6.45) is 5.37. The first-order valence-electron chi connectivity index (χ1n) is 7.65. The van der Waals surface area contributed by atoms with Gasteiger partial charge in [-0.25, -0.2) is 4.79 Å². The fraction of sp³-hybridized carbons (Fsp3) is 0.625. The van der Waals surface area contributed by atoms with Crippen LogP contribution >= 0.6 is 22.6 Å². The van der Waals surface area contributed by atoms with Crippen LogP contribution in [0.15, 0.2) is 22.8 Å². The van der Waals surface area contributed by atoms with Crippen LogP contribution in [0.4, 0.5) is 4.79 Å². The Hall–Kier alpha value is -0.850. The van der Waals surface area contributed by atoms with Crippen LogP contribution < -0.4 is 0 Å². The average molecular weight is 401 g/mol. The molecule has 4 nitrogen and oxygen atoms in total. The first-order valence-corrected chi connectivity index (χ1v) is 8.89. The van der Waals surface area contributed by atoms with Gasteiger partial charge in [0, 0.05) is 34.9 Å². The lowest BCUT2D eigenvalue weighted by molar-refractivity contribution is -0.114. The molecule has 5 heteroatoms. The van der Waals surface area contributed by atoms with E-state index in [1.807, 2.05) is 6.92 Å². The van der Waals surface area contributed by atoms with Crippen molar-refractivity contribution in [2.75, 3.05) is 19.7 Å². The molecule has 3 rings (SSSR count). The number of alkyl halides is 1. The topological polar surface area (TPSA) is 46.6 Å². The number of fused-ring (bicyclic) bond motifs is 2. The summed E-state index contributed by atoms with van der Waals surface area (Å²) in [5.74, 6) is 0.720. The molecule has 3 aliphatic rings. The third kappa shape index (κ3) is 2.76. The summed E-state index contributed by atoms with van der Waals surface area (Å²) < 4.78 is 5.52. The molecule has 0 bridgehead atoms. The molecule has 1 aliphatic heterocycles. The number of likely N-dealkylation sites (tertiary alicyclic amines) is 1. The van der Waals surface area contributed by atoms with Gasteiger partial charge in [-0.15, -0.1) is 0 Å². The Morgan fingerprint density at radius 2 is 2.14 bits per heavy atom. The predicted molar refractivity (Wildman–Crippen MR) is 88.5 cm³/mol. The highest BCUT2D eigenvalue weighted by atomic mass is 127. The second-order valence-electron chi connectivity index (χ2n) is 5.78. The van der Waals surface area contributed by atoms with E-state index in [2.05, 4.69) is 28.7 Å². The Balaban J connectivity index is 1.86. The molecule has 0 aromatic carbocycles. The number of allylic oxidation sites excluding steroid dienone is 2. The van der Waals surface area contributed by atoms with Crippen LogP contribution in [0.2, 0.25) is 0 Å². The molecule has 0 aromatic rings. The first kappa shape index (κ1) is 15.1. The Kier molecular flexibility index (Phi) is 4.38. The van der Waals surface area contributed by atoms with E-state index >= 15 is 0 Å². The van der Waals surface area contributed by atoms with E-state index in [-0.39, 0.29) is 6.09 Å². The lowest BCUT2D eigenvalue weighted by atomic mass is 9.82. The standard InChI is InChI=1S/C16H20INO3/c1-2-21-16(20)18-7-5-10-9-13(17)12-3-4-14(19)15(12)11(10)6-8-18/h9,12-13H,2-8H2,1H3. The zero-order valence-corrected chi connectivity index (χ0v) is 14.4. The molecule has 0 spiro atoms. The van der Waals surface area contributed by atoms with Gasteiger partial charge in [-0.05, 0) is 37.3 Å². The van der Waals surface area contributed by atoms with Gasteiger partial charge in [-0.3, -0.25) is 4.79 Å². The maximum absolute atomic E-state index is 12.2. The monoisotopic (exact) mass is 401 g/mol. The highest BCUT2D eigenvalue weighted by Gasteiger charge is 2.39. The largest absolute Gasteiger partial charge is 0.450 e. The summed E-state index contributed by atoms with van der Waals surface area (Å²) in [5, 5.41) is 0. The Morgan fingerprint density at radius 1 is 1.38 bits per heavy atom. The van der Waals surface area contributed by atoms with E-state index in [0.717, 1.165) is 24.8 Å². The first-order chi connectivity index (χ1) is 10.1. The van der Waals surface area contributed by atoms with Crippen molar-refractivity contribution in [3.05, 3.63) is 22.8 Å². The quantitative estimate of drug-likeness (QED) is 0.501. The van der Waals surface area contributed by atoms with Gasteiger partial charge in [0.1, 0.15) is 0 Å². The number of carbonyl (C=O) groups excluding carboxylic acids is 2. The van der Waals surface area contributed by atoms with Crippen LogP contribution in [0.5, 0.6) is 0 Å². The number of amides is 1. The molecule has 1 saturated heterocycles. The third-order valence-electron chi connectivity index (χ3n) is 4.62. The maximum atomic E-state index is 12.2. The minimum absolute atomic E-state index is 0.234. The zero-order valence-electron chi connectivity index (χ0n) is 12.2. The Morgan fingerprint density at radius 3 is 2.90 bits per heavy atom. The second kappa shape index (κ2) is 6.10. The van der Waals surface area contributed by atoms with Crippen molar-refractivity contribution in [1.29, 1.82) is 0 Å². The number of Topliss-reactive ketones (excluding diaryl/α,β-unsaturated/α-hetero) is 1. The van der Waals surface area contributed by atoms with E-state index in [1.165, 1.54) is 11.1 Å². The van der Waals surface area contributed by atoms with Gasteiger partial charge >= 0.3 is 6.09 Å². The number of carbonyl (C=O) groups is 2. The van der Waals surface area contributed by atoms with E-state index in [0.29, 0.717) is 41.7 Å². The number of ether oxygens (including phenoxy) is 1. The van der Waals surface area contributed by atoms with E-state index < -0.39 is 0 Å². The van der Waals surface area contributed by atoms with E-state index in [1.54, 1.807) is 4.90 Å². The summed E-state index contributed by atoms with van der Waals surface area (Å²) in [6, 6.07) is 0. The third-order valence-corrected chi connectivity index (χ3v) is 5.85. The number of hydrogen-bond acceptors (Lipinski definition) is 3. The van der Waals surface area contributed by atoms with E-state index in [9.17, 15) is 9.59 Å². The summed E-state index contributed by atoms with van der Waals surface area (Å²) in [6.45, 7) is 3.57. The summed E-state index contributed by atoms with van der Waals surface area (Å²) in [5.41, 5.74) is 3.57. The molecule has 0 radical (unpaired) electrons. The minimum Gasteiger partial charge on any atom is -0.450 e. The normalized spacial score (nSPS) is 28.8. The van der Waals surface area contributed by atoms with Gasteiger partial charge in [0.2, 0.25) is 0 Å². The molecule has 21 heavy (non-hydrogen) atoms. The number of halogens is 1. The fourth-order valence-corrected chi connectivity index (χ4v) is 4.76. The van der Waals surface area contributed by atoms with Crippen molar-refractivity contribution in [3.63, 3.8) is 0 Å². The fourth-order valence-electron chi connectivity index (χ4n) is 3.61. The Labute approximate surface area is 138 Å². The van der Waals surface area contributed by atoms with Crippen molar-refractivity contribution in [2.24, 2.45) is 5.92 Å². The van der Waals surface area contributed by atoms with Gasteiger partial charge in [-0.2, -0.15) is 0 Å². The average Bonchev–Trinajstić information content (AvgIpc) is 2.72. The summed E-state index contributed by atoms with van der Waals surface area (Å²) in [7, 11) is 0. The van der Waals surface area contributed by atoms with Crippen molar-refractivity contribution >= 4 is 34.5 Å². The van der Waals surface area contributed by atoms with E-state index in [4.69, 9.17) is 4.74 Å².